The van der Waals surface area contributed by atoms with Crippen LogP contribution in [0.5, 0.6) is 0 Å². The Morgan fingerprint density at radius 2 is 0.767 bits per heavy atom. The summed E-state index contributed by atoms with van der Waals surface area (Å²) in [5, 5.41) is 5.13. The van der Waals surface area contributed by atoms with Crippen LogP contribution in [0.2, 0.25) is 0 Å². The summed E-state index contributed by atoms with van der Waals surface area (Å²) in [4.78, 5) is 2.40. The Kier molecular flexibility index (Phi) is 10.3. The average Bonchev–Trinajstić information content (AvgIpc) is 4.03. The largest absolute Gasteiger partial charge is 0.310 e. The lowest BCUT2D eigenvalue weighted by Gasteiger charge is -2.34. The Morgan fingerprint density at radius 3 is 1.52 bits per heavy atom. The van der Waals surface area contributed by atoms with Gasteiger partial charge >= 0.3 is 0 Å². The van der Waals surface area contributed by atoms with Crippen molar-refractivity contribution in [2.24, 2.45) is 0 Å². The van der Waals surface area contributed by atoms with Gasteiger partial charge in [0.2, 0.25) is 0 Å². The van der Waals surface area contributed by atoms with Crippen LogP contribution in [-0.4, -0.2) is 0 Å². The lowest BCUT2D eigenvalue weighted by Crippen LogP contribution is -2.28. The Labute approximate surface area is 430 Å². The van der Waals surface area contributed by atoms with Crippen LogP contribution < -0.4 is 4.90 Å². The molecular formula is C71H47NS. The monoisotopic (exact) mass is 945 g/mol. The van der Waals surface area contributed by atoms with Crippen molar-refractivity contribution >= 4 is 59.3 Å². The van der Waals surface area contributed by atoms with Crippen LogP contribution in [0.1, 0.15) is 22.3 Å². The molecule has 0 bridgehead atoms. The highest BCUT2D eigenvalue weighted by atomic mass is 32.1. The fourth-order valence-electron chi connectivity index (χ4n) is 11.8. The number of nitrogens with zero attached hydrogens (tertiary/aromatic N) is 1. The molecule has 1 aliphatic carbocycles. The first kappa shape index (κ1) is 42.8. The highest BCUT2D eigenvalue weighted by Crippen LogP contribution is 2.57. The van der Waals surface area contributed by atoms with E-state index in [1.54, 1.807) is 0 Å². The van der Waals surface area contributed by atoms with Gasteiger partial charge in [0.1, 0.15) is 0 Å². The van der Waals surface area contributed by atoms with Crippen LogP contribution in [0.15, 0.2) is 285 Å². The Bertz CT molecular complexity index is 4140. The van der Waals surface area contributed by atoms with Gasteiger partial charge in [-0.3, -0.25) is 0 Å². The molecule has 0 N–H and O–H groups in total. The van der Waals surface area contributed by atoms with E-state index in [0.717, 1.165) is 22.6 Å². The molecule has 1 aliphatic rings. The van der Waals surface area contributed by atoms with E-state index in [-0.39, 0.29) is 0 Å². The molecule has 1 aromatic heterocycles. The smallest absolute Gasteiger partial charge is 0.0713 e. The molecule has 1 nitrogen and oxygen atoms in total. The SMILES string of the molecule is c1ccc(C2(c3ccccc3)c3ccccc3-c3ccc(-c4ccc(N(c5ccc(-c6ccc7sc8ccccc8c7c6)cc5)c5cccc(-c6cccc(-c7cccc8ccccc78)c6)c5)cc4)cc32)cc1. The van der Waals surface area contributed by atoms with E-state index in [9.17, 15) is 0 Å². The summed E-state index contributed by atoms with van der Waals surface area (Å²) in [6.07, 6.45) is 0. The van der Waals surface area contributed by atoms with Crippen molar-refractivity contribution in [2.75, 3.05) is 4.90 Å². The first-order chi connectivity index (χ1) is 36.2. The van der Waals surface area contributed by atoms with Gasteiger partial charge in [-0.2, -0.15) is 0 Å². The van der Waals surface area contributed by atoms with Crippen molar-refractivity contribution in [1.29, 1.82) is 0 Å². The number of rotatable bonds is 9. The molecule has 0 atom stereocenters. The maximum Gasteiger partial charge on any atom is 0.0713 e. The number of anilines is 3. The third-order valence-electron chi connectivity index (χ3n) is 15.2. The summed E-state index contributed by atoms with van der Waals surface area (Å²) in [6.45, 7) is 0. The standard InChI is InChI=1S/C71H47NS/c1-3-21-56(22-4-1)71(57-23-5-2-6-24-57)67-30-11-9-27-63(67)64-42-36-54(47-68(64)71)49-34-40-59(41-35-49)72(58-38-32-48(33-39-58)53-37-43-70-66(46-53)65-28-10-12-31-69(65)73-70)60-25-14-19-52(45-60)51-18-13-20-55(44-51)62-29-15-17-50-16-7-8-26-61(50)62/h1-47H. The van der Waals surface area contributed by atoms with Crippen LogP contribution in [-0.2, 0) is 5.41 Å². The van der Waals surface area contributed by atoms with Crippen molar-refractivity contribution in [2.45, 2.75) is 5.41 Å². The number of benzene rings is 12. The second-order valence-corrected chi connectivity index (χ2v) is 20.3. The molecule has 73 heavy (non-hydrogen) atoms. The van der Waals surface area contributed by atoms with E-state index in [1.165, 1.54) is 103 Å². The quantitative estimate of drug-likeness (QED) is 0.139. The summed E-state index contributed by atoms with van der Waals surface area (Å²) in [5.41, 5.74) is 20.1. The van der Waals surface area contributed by atoms with E-state index >= 15 is 0 Å². The van der Waals surface area contributed by atoms with Crippen molar-refractivity contribution in [3.8, 4) is 55.6 Å². The molecule has 2 heteroatoms. The number of hydrogen-bond acceptors (Lipinski definition) is 2. The topological polar surface area (TPSA) is 3.24 Å². The second kappa shape index (κ2) is 17.6. The third kappa shape index (κ3) is 7.21. The van der Waals surface area contributed by atoms with Gasteiger partial charge in [0, 0.05) is 37.2 Å². The average molecular weight is 946 g/mol. The molecule has 0 aliphatic heterocycles. The summed E-state index contributed by atoms with van der Waals surface area (Å²) in [6, 6.07) is 105. The molecule has 13 aromatic rings. The van der Waals surface area contributed by atoms with Crippen LogP contribution in [0.3, 0.4) is 0 Å². The summed E-state index contributed by atoms with van der Waals surface area (Å²) in [5.74, 6) is 0. The first-order valence-corrected chi connectivity index (χ1v) is 26.0. The maximum atomic E-state index is 2.45. The predicted octanol–water partition coefficient (Wildman–Crippen LogP) is 19.7. The lowest BCUT2D eigenvalue weighted by molar-refractivity contribution is 0.769. The normalized spacial score (nSPS) is 12.5. The highest BCUT2D eigenvalue weighted by molar-refractivity contribution is 7.25. The fourth-order valence-corrected chi connectivity index (χ4v) is 12.8. The maximum absolute atomic E-state index is 2.45. The zero-order valence-electron chi connectivity index (χ0n) is 40.0. The molecule has 0 amide bonds. The molecule has 0 saturated carbocycles. The zero-order chi connectivity index (χ0) is 48.3. The second-order valence-electron chi connectivity index (χ2n) is 19.2. The molecular weight excluding hydrogens is 899 g/mol. The Hall–Kier alpha value is -9.08. The molecule has 14 rings (SSSR count). The Balaban J connectivity index is 0.871. The molecule has 0 fully saturated rings. The Morgan fingerprint density at radius 1 is 0.260 bits per heavy atom. The van der Waals surface area contributed by atoms with E-state index in [2.05, 4.69) is 290 Å². The molecule has 12 aromatic carbocycles. The van der Waals surface area contributed by atoms with Gasteiger partial charge in [0.15, 0.2) is 0 Å². The van der Waals surface area contributed by atoms with Gasteiger partial charge in [-0.05, 0) is 155 Å². The number of hydrogen-bond donors (Lipinski definition) is 0. The number of thiophene rings is 1. The van der Waals surface area contributed by atoms with E-state index in [0.29, 0.717) is 0 Å². The minimum absolute atomic E-state index is 0.462. The van der Waals surface area contributed by atoms with Gasteiger partial charge < -0.3 is 4.90 Å². The summed E-state index contributed by atoms with van der Waals surface area (Å²) in [7, 11) is 0. The van der Waals surface area contributed by atoms with E-state index < -0.39 is 5.41 Å². The highest BCUT2D eigenvalue weighted by Gasteiger charge is 2.46. The summed E-state index contributed by atoms with van der Waals surface area (Å²) >= 11 is 1.86. The molecule has 1 heterocycles. The van der Waals surface area contributed by atoms with E-state index in [1.807, 2.05) is 11.3 Å². The molecule has 0 saturated heterocycles. The van der Waals surface area contributed by atoms with Gasteiger partial charge in [-0.15, -0.1) is 11.3 Å². The van der Waals surface area contributed by atoms with Gasteiger partial charge in [-0.25, -0.2) is 0 Å². The van der Waals surface area contributed by atoms with Crippen LogP contribution in [0.4, 0.5) is 17.1 Å². The van der Waals surface area contributed by atoms with Gasteiger partial charge in [0.05, 0.1) is 5.41 Å². The molecule has 0 spiro atoms. The fraction of sp³-hybridized carbons (Fsp3) is 0.0141. The van der Waals surface area contributed by atoms with Gasteiger partial charge in [0.25, 0.3) is 0 Å². The van der Waals surface area contributed by atoms with Crippen LogP contribution in [0, 0.1) is 0 Å². The summed E-state index contributed by atoms with van der Waals surface area (Å²) < 4.78 is 2.64. The molecule has 342 valence electrons. The van der Waals surface area contributed by atoms with Crippen molar-refractivity contribution < 1.29 is 0 Å². The van der Waals surface area contributed by atoms with Crippen molar-refractivity contribution in [1.82, 2.24) is 0 Å². The predicted molar refractivity (Wildman–Crippen MR) is 311 cm³/mol. The number of fused-ring (bicyclic) bond motifs is 7. The van der Waals surface area contributed by atoms with Crippen molar-refractivity contribution in [3.63, 3.8) is 0 Å². The minimum atomic E-state index is -0.462. The zero-order valence-corrected chi connectivity index (χ0v) is 40.8. The lowest BCUT2D eigenvalue weighted by atomic mass is 9.67. The van der Waals surface area contributed by atoms with Crippen molar-refractivity contribution in [3.05, 3.63) is 307 Å². The minimum Gasteiger partial charge on any atom is -0.310 e. The van der Waals surface area contributed by atoms with E-state index in [4.69, 9.17) is 0 Å². The third-order valence-corrected chi connectivity index (χ3v) is 16.3. The van der Waals surface area contributed by atoms with Crippen LogP contribution in [0.25, 0.3) is 86.6 Å². The molecule has 0 radical (unpaired) electrons. The van der Waals surface area contributed by atoms with Crippen LogP contribution >= 0.6 is 11.3 Å². The van der Waals surface area contributed by atoms with Gasteiger partial charge in [-0.1, -0.05) is 218 Å². The molecule has 0 unspecified atom stereocenters. The first-order valence-electron chi connectivity index (χ1n) is 25.1.